The fourth-order valence-electron chi connectivity index (χ4n) is 2.17. The van der Waals surface area contributed by atoms with Crippen LogP contribution in [-0.2, 0) is 6.42 Å². The fraction of sp³-hybridized carbons (Fsp3) is 0.474. The molecule has 1 aromatic carbocycles. The Kier molecular flexibility index (Phi) is 11.1. The Balaban J connectivity index is 0.00000185. The number of aliphatic hydroxyl groups is 1. The first-order valence-electron chi connectivity index (χ1n) is 8.03. The lowest BCUT2D eigenvalue weighted by molar-refractivity contribution is 0.299. The minimum atomic E-state index is 0. The molecule has 0 atom stereocenters. The van der Waals surface area contributed by atoms with Gasteiger partial charge in [-0.25, -0.2) is 0 Å². The van der Waals surface area contributed by atoms with Crippen LogP contribution in [0, 0.1) is 6.92 Å². The Morgan fingerprint density at radius 1 is 1.08 bits per heavy atom. The van der Waals surface area contributed by atoms with Crippen molar-refractivity contribution in [2.24, 2.45) is 0 Å². The number of hydrogen-bond acceptors (Lipinski definition) is 4. The van der Waals surface area contributed by atoms with Crippen molar-refractivity contribution in [3.05, 3.63) is 44.0 Å². The molecule has 2 aromatic rings. The Morgan fingerprint density at radius 3 is 2.12 bits per heavy atom. The molecule has 6 heteroatoms. The van der Waals surface area contributed by atoms with Crippen LogP contribution in [0.3, 0.4) is 0 Å². The van der Waals surface area contributed by atoms with Crippen molar-refractivity contribution in [2.75, 3.05) is 6.61 Å². The Labute approximate surface area is 168 Å². The molecular formula is C19H28Br2N2O2. The molecule has 0 bridgehead atoms. The summed E-state index contributed by atoms with van der Waals surface area (Å²) in [7, 11) is 0. The topological polar surface area (TPSA) is 55.2 Å². The summed E-state index contributed by atoms with van der Waals surface area (Å²) in [5.74, 6) is 1.47. The summed E-state index contributed by atoms with van der Waals surface area (Å²) in [5.41, 5.74) is 3.05. The molecular weight excluding hydrogens is 448 g/mol. The molecule has 0 saturated heterocycles. The van der Waals surface area contributed by atoms with Gasteiger partial charge in [0.1, 0.15) is 0 Å². The first-order chi connectivity index (χ1) is 11.4. The zero-order valence-corrected chi connectivity index (χ0v) is 17.9. The van der Waals surface area contributed by atoms with E-state index >= 15 is 0 Å². The summed E-state index contributed by atoms with van der Waals surface area (Å²) >= 11 is 7.01. The van der Waals surface area contributed by atoms with Gasteiger partial charge in [0.05, 0.1) is 14.6 Å². The summed E-state index contributed by atoms with van der Waals surface area (Å²) < 4.78 is 7.50. The highest BCUT2D eigenvalue weighted by Gasteiger charge is 2.13. The van der Waals surface area contributed by atoms with E-state index in [2.05, 4.69) is 55.9 Å². The predicted molar refractivity (Wildman–Crippen MR) is 112 cm³/mol. The monoisotopic (exact) mass is 474 g/mol. The highest BCUT2D eigenvalue weighted by atomic mass is 79.9. The molecule has 0 aliphatic carbocycles. The molecule has 140 valence electrons. The van der Waals surface area contributed by atoms with Gasteiger partial charge in [-0.15, -0.1) is 5.10 Å². The van der Waals surface area contributed by atoms with Gasteiger partial charge >= 0.3 is 0 Å². The van der Waals surface area contributed by atoms with Crippen molar-refractivity contribution >= 4 is 31.9 Å². The van der Waals surface area contributed by atoms with Crippen molar-refractivity contribution in [3.63, 3.8) is 0 Å². The summed E-state index contributed by atoms with van der Waals surface area (Å²) in [4.78, 5) is 0. The van der Waals surface area contributed by atoms with Gasteiger partial charge in [-0.3, -0.25) is 0 Å². The number of nitrogens with zero attached hydrogens (tertiary/aromatic N) is 2. The fourth-order valence-corrected chi connectivity index (χ4v) is 3.61. The van der Waals surface area contributed by atoms with Crippen LogP contribution in [0.15, 0.2) is 27.1 Å². The zero-order chi connectivity index (χ0) is 18.3. The second-order valence-corrected chi connectivity index (χ2v) is 7.05. The molecule has 0 amide bonds. The van der Waals surface area contributed by atoms with Crippen molar-refractivity contribution in [1.82, 2.24) is 10.2 Å². The maximum absolute atomic E-state index is 9.03. The second-order valence-electron chi connectivity index (χ2n) is 5.34. The van der Waals surface area contributed by atoms with Gasteiger partial charge in [-0.2, -0.15) is 5.10 Å². The third-order valence-corrected chi connectivity index (χ3v) is 4.46. The molecule has 2 rings (SSSR count). The lowest BCUT2D eigenvalue weighted by Gasteiger charge is -2.13. The van der Waals surface area contributed by atoms with E-state index in [1.807, 2.05) is 39.0 Å². The number of aliphatic hydroxyl groups excluding tert-OH is 1. The third kappa shape index (κ3) is 6.68. The molecule has 0 saturated carbocycles. The molecule has 0 aliphatic rings. The van der Waals surface area contributed by atoms with E-state index in [4.69, 9.17) is 9.84 Å². The van der Waals surface area contributed by atoms with E-state index < -0.39 is 0 Å². The standard InChI is InChI=1S/C16H18Br2N2O2.C2H6.CH4/c1-9(2)12-8-15(20-19-10(12)3)22-16-13(17)6-11(4-5-21)7-14(16)18;1-2;/h6-9,21H,4-5H2,1-3H3;1-2H3;1H4. The third-order valence-electron chi connectivity index (χ3n) is 3.28. The highest BCUT2D eigenvalue weighted by Crippen LogP contribution is 2.37. The number of rotatable bonds is 5. The maximum Gasteiger partial charge on any atom is 0.239 e. The van der Waals surface area contributed by atoms with Gasteiger partial charge in [0.15, 0.2) is 5.75 Å². The van der Waals surface area contributed by atoms with E-state index in [-0.39, 0.29) is 14.0 Å². The van der Waals surface area contributed by atoms with Gasteiger partial charge in [0, 0.05) is 12.7 Å². The lowest BCUT2D eigenvalue weighted by Crippen LogP contribution is -2.00. The normalized spacial score (nSPS) is 9.96. The largest absolute Gasteiger partial charge is 0.435 e. The number of halogens is 2. The smallest absolute Gasteiger partial charge is 0.239 e. The van der Waals surface area contributed by atoms with Crippen LogP contribution in [-0.4, -0.2) is 21.9 Å². The Hall–Kier alpha value is -0.980. The molecule has 0 aliphatic heterocycles. The van der Waals surface area contributed by atoms with Gasteiger partial charge in [-0.1, -0.05) is 35.1 Å². The molecule has 1 N–H and O–H groups in total. The number of aryl methyl sites for hydroxylation is 1. The van der Waals surface area contributed by atoms with Gasteiger partial charge < -0.3 is 9.84 Å². The van der Waals surface area contributed by atoms with Gasteiger partial charge in [0.2, 0.25) is 5.88 Å². The second kappa shape index (κ2) is 11.6. The lowest BCUT2D eigenvalue weighted by atomic mass is 10.0. The molecule has 0 radical (unpaired) electrons. The number of benzene rings is 1. The molecule has 0 unspecified atom stereocenters. The molecule has 1 heterocycles. The molecule has 25 heavy (non-hydrogen) atoms. The zero-order valence-electron chi connectivity index (χ0n) is 14.7. The van der Waals surface area contributed by atoms with Crippen molar-refractivity contribution in [1.29, 1.82) is 0 Å². The van der Waals surface area contributed by atoms with Crippen molar-refractivity contribution in [2.45, 2.75) is 54.4 Å². The van der Waals surface area contributed by atoms with Crippen LogP contribution in [0.25, 0.3) is 0 Å². The van der Waals surface area contributed by atoms with Crippen molar-refractivity contribution in [3.8, 4) is 11.6 Å². The highest BCUT2D eigenvalue weighted by molar-refractivity contribution is 9.11. The van der Waals surface area contributed by atoms with Gasteiger partial charge in [-0.05, 0) is 74.4 Å². The number of aromatic nitrogens is 2. The summed E-state index contributed by atoms with van der Waals surface area (Å²) in [6, 6.07) is 5.79. The maximum atomic E-state index is 9.03. The van der Waals surface area contributed by atoms with Crippen LogP contribution in [0.1, 0.15) is 57.9 Å². The van der Waals surface area contributed by atoms with Crippen LogP contribution in [0.4, 0.5) is 0 Å². The van der Waals surface area contributed by atoms with Crippen LogP contribution >= 0.6 is 31.9 Å². The Morgan fingerprint density at radius 2 is 1.64 bits per heavy atom. The predicted octanol–water partition coefficient (Wildman–Crippen LogP) is 6.42. The quantitative estimate of drug-likeness (QED) is 0.541. The molecule has 1 aromatic heterocycles. The van der Waals surface area contributed by atoms with E-state index in [1.165, 1.54) is 0 Å². The molecule has 0 spiro atoms. The summed E-state index contributed by atoms with van der Waals surface area (Å²) in [6.45, 7) is 10.3. The minimum Gasteiger partial charge on any atom is -0.435 e. The first kappa shape index (κ1) is 24.0. The molecule has 0 fully saturated rings. The van der Waals surface area contributed by atoms with E-state index in [0.717, 1.165) is 25.8 Å². The number of ether oxygens (including phenoxy) is 1. The van der Waals surface area contributed by atoms with E-state index in [1.54, 1.807) is 0 Å². The van der Waals surface area contributed by atoms with E-state index in [9.17, 15) is 0 Å². The van der Waals surface area contributed by atoms with E-state index in [0.29, 0.717) is 24.0 Å². The van der Waals surface area contributed by atoms with Gasteiger partial charge in [0.25, 0.3) is 0 Å². The number of hydrogen-bond donors (Lipinski definition) is 1. The Bertz CT molecular complexity index is 653. The summed E-state index contributed by atoms with van der Waals surface area (Å²) in [5, 5.41) is 17.3. The minimum absolute atomic E-state index is 0. The first-order valence-corrected chi connectivity index (χ1v) is 9.61. The van der Waals surface area contributed by atoms with Crippen LogP contribution in [0.2, 0.25) is 0 Å². The van der Waals surface area contributed by atoms with Crippen LogP contribution in [0.5, 0.6) is 11.6 Å². The molecule has 4 nitrogen and oxygen atoms in total. The van der Waals surface area contributed by atoms with Crippen molar-refractivity contribution < 1.29 is 9.84 Å². The average Bonchev–Trinajstić information content (AvgIpc) is 2.54. The SMILES string of the molecule is C.CC.Cc1nnc(Oc2c(Br)cc(CCO)cc2Br)cc1C(C)C. The summed E-state index contributed by atoms with van der Waals surface area (Å²) in [6.07, 6.45) is 0.597. The average molecular weight is 476 g/mol. The van der Waals surface area contributed by atoms with Crippen LogP contribution < -0.4 is 4.74 Å².